The molecule has 0 aliphatic heterocycles. The molecule has 0 atom stereocenters. The molecule has 0 bridgehead atoms. The van der Waals surface area contributed by atoms with Gasteiger partial charge in [-0.3, -0.25) is 0 Å². The lowest BCUT2D eigenvalue weighted by Gasteiger charge is -2.00. The molecule has 2 N–H and O–H groups in total. The van der Waals surface area contributed by atoms with E-state index in [9.17, 15) is 8.78 Å². The Morgan fingerprint density at radius 1 is 1.14 bits per heavy atom. The van der Waals surface area contributed by atoms with E-state index in [-0.39, 0.29) is 23.0 Å². The van der Waals surface area contributed by atoms with Gasteiger partial charge < -0.3 is 10.3 Å². The van der Waals surface area contributed by atoms with Crippen LogP contribution in [0.25, 0.3) is 23.0 Å². The van der Waals surface area contributed by atoms with Gasteiger partial charge in [-0.25, -0.2) is 18.7 Å². The van der Waals surface area contributed by atoms with Crippen LogP contribution in [0.1, 0.15) is 5.82 Å². The van der Waals surface area contributed by atoms with Gasteiger partial charge in [-0.05, 0) is 19.1 Å². The standard InChI is InChI=1S/C13H9F2N5O/c1-6-17-3-2-11(18-6)12-19-13(21-20-12)7-4-10(16)9(15)5-8(7)14/h2-5H,16H2,1H3. The van der Waals surface area contributed by atoms with E-state index in [1.165, 1.54) is 0 Å². The Balaban J connectivity index is 2.05. The highest BCUT2D eigenvalue weighted by Gasteiger charge is 2.17. The van der Waals surface area contributed by atoms with Crippen LogP contribution in [0.5, 0.6) is 0 Å². The first-order valence-corrected chi connectivity index (χ1v) is 5.93. The van der Waals surface area contributed by atoms with Crippen LogP contribution < -0.4 is 5.73 Å². The highest BCUT2D eigenvalue weighted by atomic mass is 19.1. The average molecular weight is 289 g/mol. The molecule has 0 aliphatic carbocycles. The summed E-state index contributed by atoms with van der Waals surface area (Å²) in [6.07, 6.45) is 1.55. The topological polar surface area (TPSA) is 90.7 Å². The lowest BCUT2D eigenvalue weighted by atomic mass is 10.2. The normalized spacial score (nSPS) is 10.8. The van der Waals surface area contributed by atoms with Crippen LogP contribution in [-0.4, -0.2) is 20.1 Å². The van der Waals surface area contributed by atoms with E-state index < -0.39 is 11.6 Å². The van der Waals surface area contributed by atoms with Crippen molar-refractivity contribution < 1.29 is 13.3 Å². The molecule has 1 aromatic carbocycles. The fraction of sp³-hybridized carbons (Fsp3) is 0.0769. The molecular formula is C13H9F2N5O. The molecule has 0 spiro atoms. The van der Waals surface area contributed by atoms with Gasteiger partial charge in [0.1, 0.15) is 23.2 Å². The zero-order valence-corrected chi connectivity index (χ0v) is 10.8. The third-order valence-electron chi connectivity index (χ3n) is 2.75. The highest BCUT2D eigenvalue weighted by Crippen LogP contribution is 2.27. The van der Waals surface area contributed by atoms with Crippen LogP contribution in [-0.2, 0) is 0 Å². The number of hydrogen-bond donors (Lipinski definition) is 1. The van der Waals surface area contributed by atoms with Crippen LogP contribution in [0.15, 0.2) is 28.9 Å². The average Bonchev–Trinajstić information content (AvgIpc) is 2.92. The molecule has 0 amide bonds. The molecule has 2 aromatic heterocycles. The molecule has 6 nitrogen and oxygen atoms in total. The van der Waals surface area contributed by atoms with E-state index in [0.29, 0.717) is 17.6 Å². The Labute approximate surface area is 117 Å². The van der Waals surface area contributed by atoms with Gasteiger partial charge in [0, 0.05) is 12.3 Å². The van der Waals surface area contributed by atoms with E-state index in [4.69, 9.17) is 10.3 Å². The number of hydrogen-bond acceptors (Lipinski definition) is 6. The van der Waals surface area contributed by atoms with E-state index in [0.717, 1.165) is 6.07 Å². The molecule has 21 heavy (non-hydrogen) atoms. The van der Waals surface area contributed by atoms with Gasteiger partial charge in [0.2, 0.25) is 5.82 Å². The molecule has 3 rings (SSSR count). The maximum atomic E-state index is 13.7. The van der Waals surface area contributed by atoms with Crippen molar-refractivity contribution in [3.8, 4) is 23.0 Å². The van der Waals surface area contributed by atoms with Crippen LogP contribution in [0.3, 0.4) is 0 Å². The molecule has 0 fully saturated rings. The predicted octanol–water partition coefficient (Wildman–Crippen LogP) is 2.36. The molecular weight excluding hydrogens is 280 g/mol. The van der Waals surface area contributed by atoms with Crippen molar-refractivity contribution in [1.82, 2.24) is 20.1 Å². The number of aryl methyl sites for hydroxylation is 1. The van der Waals surface area contributed by atoms with Crippen LogP contribution in [0, 0.1) is 18.6 Å². The molecule has 0 aliphatic rings. The van der Waals surface area contributed by atoms with Crippen molar-refractivity contribution in [2.75, 3.05) is 5.73 Å². The molecule has 0 saturated carbocycles. The van der Waals surface area contributed by atoms with Gasteiger partial charge in [0.05, 0.1) is 11.3 Å². The van der Waals surface area contributed by atoms with Crippen molar-refractivity contribution >= 4 is 5.69 Å². The third-order valence-corrected chi connectivity index (χ3v) is 2.75. The quantitative estimate of drug-likeness (QED) is 0.728. The summed E-state index contributed by atoms with van der Waals surface area (Å²) in [5, 5.41) is 3.72. The Morgan fingerprint density at radius 3 is 2.71 bits per heavy atom. The summed E-state index contributed by atoms with van der Waals surface area (Å²) in [4.78, 5) is 12.1. The second-order valence-corrected chi connectivity index (χ2v) is 4.27. The van der Waals surface area contributed by atoms with Crippen molar-refractivity contribution in [3.05, 3.63) is 41.9 Å². The molecule has 0 unspecified atom stereocenters. The van der Waals surface area contributed by atoms with Gasteiger partial charge >= 0.3 is 0 Å². The smallest absolute Gasteiger partial charge is 0.261 e. The summed E-state index contributed by atoms with van der Waals surface area (Å²) in [5.74, 6) is -1.07. The summed E-state index contributed by atoms with van der Waals surface area (Å²) in [6, 6.07) is 3.37. The summed E-state index contributed by atoms with van der Waals surface area (Å²) in [5.41, 5.74) is 5.57. The molecule has 106 valence electrons. The van der Waals surface area contributed by atoms with Gasteiger partial charge in [-0.2, -0.15) is 4.98 Å². The molecule has 0 radical (unpaired) electrons. The van der Waals surface area contributed by atoms with Crippen molar-refractivity contribution in [3.63, 3.8) is 0 Å². The van der Waals surface area contributed by atoms with E-state index in [1.807, 2.05) is 0 Å². The Hall–Kier alpha value is -2.90. The summed E-state index contributed by atoms with van der Waals surface area (Å²) < 4.78 is 31.9. The van der Waals surface area contributed by atoms with E-state index >= 15 is 0 Å². The third kappa shape index (κ3) is 2.42. The van der Waals surface area contributed by atoms with Crippen LogP contribution in [0.2, 0.25) is 0 Å². The molecule has 0 saturated heterocycles. The lowest BCUT2D eigenvalue weighted by molar-refractivity contribution is 0.429. The minimum absolute atomic E-state index is 0.0709. The summed E-state index contributed by atoms with van der Waals surface area (Å²) in [6.45, 7) is 1.71. The SMILES string of the molecule is Cc1nccc(-c2noc(-c3cc(N)c(F)cc3F)n2)n1. The highest BCUT2D eigenvalue weighted by molar-refractivity contribution is 5.62. The zero-order valence-electron chi connectivity index (χ0n) is 10.8. The van der Waals surface area contributed by atoms with Gasteiger partial charge in [0.25, 0.3) is 5.89 Å². The number of nitrogens with two attached hydrogens (primary N) is 1. The first kappa shape index (κ1) is 13.1. The van der Waals surface area contributed by atoms with Gasteiger partial charge in [0.15, 0.2) is 0 Å². The largest absolute Gasteiger partial charge is 0.396 e. The predicted molar refractivity (Wildman–Crippen MR) is 69.8 cm³/mol. The number of nitrogens with zero attached hydrogens (tertiary/aromatic N) is 4. The summed E-state index contributed by atoms with van der Waals surface area (Å²) in [7, 11) is 0. The second kappa shape index (κ2) is 4.89. The Kier molecular flexibility index (Phi) is 3.05. The number of nitrogen functional groups attached to an aromatic ring is 1. The van der Waals surface area contributed by atoms with Crippen molar-refractivity contribution in [2.45, 2.75) is 6.92 Å². The minimum atomic E-state index is -0.845. The van der Waals surface area contributed by atoms with Crippen molar-refractivity contribution in [1.29, 1.82) is 0 Å². The fourth-order valence-corrected chi connectivity index (χ4v) is 1.75. The minimum Gasteiger partial charge on any atom is -0.396 e. The van der Waals surface area contributed by atoms with E-state index in [2.05, 4.69) is 20.1 Å². The first-order valence-electron chi connectivity index (χ1n) is 5.93. The second-order valence-electron chi connectivity index (χ2n) is 4.27. The first-order chi connectivity index (χ1) is 10.0. The zero-order chi connectivity index (χ0) is 15.0. The number of anilines is 1. The number of rotatable bonds is 2. The monoisotopic (exact) mass is 289 g/mol. The summed E-state index contributed by atoms with van der Waals surface area (Å²) >= 11 is 0. The Morgan fingerprint density at radius 2 is 1.95 bits per heavy atom. The lowest BCUT2D eigenvalue weighted by Crippen LogP contribution is -1.95. The van der Waals surface area contributed by atoms with Crippen LogP contribution >= 0.6 is 0 Å². The van der Waals surface area contributed by atoms with Crippen LogP contribution in [0.4, 0.5) is 14.5 Å². The van der Waals surface area contributed by atoms with Crippen molar-refractivity contribution in [2.24, 2.45) is 0 Å². The van der Waals surface area contributed by atoms with E-state index in [1.54, 1.807) is 19.2 Å². The molecule has 2 heterocycles. The van der Waals surface area contributed by atoms with Gasteiger partial charge in [-0.15, -0.1) is 0 Å². The maximum Gasteiger partial charge on any atom is 0.261 e. The Bertz CT molecular complexity index is 818. The van der Waals surface area contributed by atoms with Gasteiger partial charge in [-0.1, -0.05) is 5.16 Å². The molecule has 3 aromatic rings. The maximum absolute atomic E-state index is 13.7. The fourth-order valence-electron chi connectivity index (χ4n) is 1.75. The number of halogens is 2. The number of aromatic nitrogens is 4. The number of benzene rings is 1. The molecule has 8 heteroatoms.